The second-order valence-electron chi connectivity index (χ2n) is 3.16. The van der Waals surface area contributed by atoms with Crippen molar-refractivity contribution in [1.82, 2.24) is 4.90 Å². The largest absolute Gasteiger partial charge is 0.345 e. The van der Waals surface area contributed by atoms with Crippen molar-refractivity contribution in [1.29, 1.82) is 0 Å². The summed E-state index contributed by atoms with van der Waals surface area (Å²) in [4.78, 5) is 23.2. The fraction of sp³-hybridized carbons (Fsp3) is 0.200. The van der Waals surface area contributed by atoms with Crippen LogP contribution in [0.25, 0.3) is 0 Å². The minimum absolute atomic E-state index is 0.169. The minimum atomic E-state index is -0.169. The lowest BCUT2D eigenvalue weighted by Gasteiger charge is -2.11. The van der Waals surface area contributed by atoms with E-state index in [1.807, 2.05) is 0 Å². The molecule has 80 valence electrons. The molecular weight excluding hydrogens is 216 g/mol. The smallest absolute Gasteiger partial charge is 0.254 e. The van der Waals surface area contributed by atoms with Crippen LogP contribution in [0.3, 0.4) is 0 Å². The van der Waals surface area contributed by atoms with Gasteiger partial charge < -0.3 is 10.2 Å². The summed E-state index contributed by atoms with van der Waals surface area (Å²) in [6.45, 7) is 0. The van der Waals surface area contributed by atoms with Gasteiger partial charge in [0.15, 0.2) is 0 Å². The molecule has 0 fully saturated rings. The molecule has 15 heavy (non-hydrogen) atoms. The molecule has 0 saturated carbocycles. The quantitative estimate of drug-likeness (QED) is 0.797. The van der Waals surface area contributed by atoms with E-state index in [0.717, 1.165) is 0 Å². The van der Waals surface area contributed by atoms with Crippen LogP contribution in [0.15, 0.2) is 18.2 Å². The number of nitrogens with one attached hydrogen (secondary N) is 1. The van der Waals surface area contributed by atoms with Gasteiger partial charge in [0.2, 0.25) is 6.41 Å². The molecule has 2 amide bonds. The highest BCUT2D eigenvalue weighted by atomic mass is 35.5. The molecule has 5 heteroatoms. The molecular formula is C10H11ClN2O2. The average Bonchev–Trinajstić information content (AvgIpc) is 2.17. The molecule has 0 heterocycles. The number of rotatable bonds is 3. The zero-order valence-corrected chi connectivity index (χ0v) is 9.21. The van der Waals surface area contributed by atoms with Crippen molar-refractivity contribution in [2.45, 2.75) is 0 Å². The second kappa shape index (κ2) is 4.79. The Kier molecular flexibility index (Phi) is 3.68. The first-order chi connectivity index (χ1) is 7.06. The molecule has 1 aromatic carbocycles. The van der Waals surface area contributed by atoms with Crippen LogP contribution >= 0.6 is 11.6 Å². The Morgan fingerprint density at radius 2 is 2.13 bits per heavy atom. The molecule has 0 radical (unpaired) electrons. The lowest BCUT2D eigenvalue weighted by atomic mass is 10.2. The van der Waals surface area contributed by atoms with E-state index in [9.17, 15) is 9.59 Å². The standard InChI is InChI=1S/C10H11ClN2O2/c1-13(2)10(15)8-4-3-7(12-6-14)5-9(8)11/h3-6H,1-2H3,(H,12,14). The van der Waals surface area contributed by atoms with Crippen molar-refractivity contribution in [3.05, 3.63) is 28.8 Å². The Bertz CT molecular complexity index is 391. The highest BCUT2D eigenvalue weighted by Gasteiger charge is 2.12. The van der Waals surface area contributed by atoms with Crippen molar-refractivity contribution in [2.24, 2.45) is 0 Å². The number of halogens is 1. The van der Waals surface area contributed by atoms with Gasteiger partial charge in [-0.2, -0.15) is 0 Å². The fourth-order valence-corrected chi connectivity index (χ4v) is 1.35. The predicted octanol–water partition coefficient (Wildman–Crippen LogP) is 1.61. The third-order valence-corrected chi connectivity index (χ3v) is 2.14. The van der Waals surface area contributed by atoms with Crippen LogP contribution < -0.4 is 5.32 Å². The van der Waals surface area contributed by atoms with E-state index in [-0.39, 0.29) is 5.91 Å². The first-order valence-corrected chi connectivity index (χ1v) is 4.65. The van der Waals surface area contributed by atoms with Gasteiger partial charge in [0, 0.05) is 19.8 Å². The summed E-state index contributed by atoms with van der Waals surface area (Å²) in [5.41, 5.74) is 0.975. The van der Waals surface area contributed by atoms with Gasteiger partial charge in [-0.1, -0.05) is 11.6 Å². The number of carbonyl (C=O) groups is 2. The topological polar surface area (TPSA) is 49.4 Å². The van der Waals surface area contributed by atoms with Crippen LogP contribution in [-0.2, 0) is 4.79 Å². The van der Waals surface area contributed by atoms with E-state index < -0.39 is 0 Å². The number of hydrogen-bond acceptors (Lipinski definition) is 2. The molecule has 0 aliphatic heterocycles. The molecule has 1 N–H and O–H groups in total. The number of amides is 2. The van der Waals surface area contributed by atoms with Gasteiger partial charge in [0.25, 0.3) is 5.91 Å². The van der Waals surface area contributed by atoms with Crippen molar-refractivity contribution < 1.29 is 9.59 Å². The second-order valence-corrected chi connectivity index (χ2v) is 3.56. The molecule has 0 aromatic heterocycles. The molecule has 4 nitrogen and oxygen atoms in total. The molecule has 0 spiro atoms. The van der Waals surface area contributed by atoms with Gasteiger partial charge in [0.05, 0.1) is 10.6 Å². The zero-order valence-electron chi connectivity index (χ0n) is 8.45. The summed E-state index contributed by atoms with van der Waals surface area (Å²) >= 11 is 5.90. The van der Waals surface area contributed by atoms with Crippen LogP contribution in [0.4, 0.5) is 5.69 Å². The Balaban J connectivity index is 3.02. The maximum Gasteiger partial charge on any atom is 0.254 e. The van der Waals surface area contributed by atoms with Crippen molar-refractivity contribution in [2.75, 3.05) is 19.4 Å². The van der Waals surface area contributed by atoms with Crippen LogP contribution in [0.2, 0.25) is 5.02 Å². The van der Waals surface area contributed by atoms with Crippen molar-refractivity contribution in [3.8, 4) is 0 Å². The molecule has 0 unspecified atom stereocenters. The van der Waals surface area contributed by atoms with Gasteiger partial charge in [-0.05, 0) is 18.2 Å². The lowest BCUT2D eigenvalue weighted by Crippen LogP contribution is -2.21. The summed E-state index contributed by atoms with van der Waals surface area (Å²) < 4.78 is 0. The average molecular weight is 227 g/mol. The maximum absolute atomic E-state index is 11.6. The third kappa shape index (κ3) is 2.70. The van der Waals surface area contributed by atoms with E-state index in [0.29, 0.717) is 22.7 Å². The molecule has 0 aliphatic rings. The Morgan fingerprint density at radius 3 is 2.60 bits per heavy atom. The number of benzene rings is 1. The number of anilines is 1. The fourth-order valence-electron chi connectivity index (χ4n) is 1.09. The Morgan fingerprint density at radius 1 is 1.47 bits per heavy atom. The van der Waals surface area contributed by atoms with Crippen molar-refractivity contribution >= 4 is 29.6 Å². The van der Waals surface area contributed by atoms with E-state index in [1.54, 1.807) is 26.2 Å². The van der Waals surface area contributed by atoms with Crippen LogP contribution in [0, 0.1) is 0 Å². The molecule has 1 rings (SSSR count). The van der Waals surface area contributed by atoms with Gasteiger partial charge in [-0.15, -0.1) is 0 Å². The Labute approximate surface area is 92.8 Å². The van der Waals surface area contributed by atoms with Crippen molar-refractivity contribution in [3.63, 3.8) is 0 Å². The third-order valence-electron chi connectivity index (χ3n) is 1.83. The predicted molar refractivity (Wildman–Crippen MR) is 59.2 cm³/mol. The van der Waals surface area contributed by atoms with Gasteiger partial charge in [0.1, 0.15) is 0 Å². The molecule has 0 bridgehead atoms. The van der Waals surface area contributed by atoms with Gasteiger partial charge in [-0.25, -0.2) is 0 Å². The van der Waals surface area contributed by atoms with Crippen LogP contribution in [0.1, 0.15) is 10.4 Å². The van der Waals surface area contributed by atoms with Gasteiger partial charge in [-0.3, -0.25) is 9.59 Å². The van der Waals surface area contributed by atoms with E-state index in [2.05, 4.69) is 5.32 Å². The SMILES string of the molecule is CN(C)C(=O)c1ccc(NC=O)cc1Cl. The summed E-state index contributed by atoms with van der Waals surface area (Å²) in [6, 6.07) is 4.74. The Hall–Kier alpha value is -1.55. The van der Waals surface area contributed by atoms with Crippen LogP contribution in [0.5, 0.6) is 0 Å². The van der Waals surface area contributed by atoms with E-state index >= 15 is 0 Å². The molecule has 0 saturated heterocycles. The normalized spacial score (nSPS) is 9.53. The number of hydrogen-bond donors (Lipinski definition) is 1. The van der Waals surface area contributed by atoms with Crippen LogP contribution in [-0.4, -0.2) is 31.3 Å². The van der Waals surface area contributed by atoms with E-state index in [1.165, 1.54) is 11.0 Å². The maximum atomic E-state index is 11.6. The number of carbonyl (C=O) groups excluding carboxylic acids is 2. The summed E-state index contributed by atoms with van der Waals surface area (Å²) in [7, 11) is 3.30. The molecule has 1 aromatic rings. The van der Waals surface area contributed by atoms with Gasteiger partial charge >= 0.3 is 0 Å². The summed E-state index contributed by atoms with van der Waals surface area (Å²) in [6.07, 6.45) is 0.555. The highest BCUT2D eigenvalue weighted by molar-refractivity contribution is 6.34. The zero-order chi connectivity index (χ0) is 11.4. The first-order valence-electron chi connectivity index (χ1n) is 4.27. The monoisotopic (exact) mass is 226 g/mol. The highest BCUT2D eigenvalue weighted by Crippen LogP contribution is 2.21. The molecule has 0 atom stereocenters. The minimum Gasteiger partial charge on any atom is -0.345 e. The molecule has 0 aliphatic carbocycles. The number of nitrogens with zero attached hydrogens (tertiary/aromatic N) is 1. The summed E-state index contributed by atoms with van der Waals surface area (Å²) in [5.74, 6) is -0.169. The first kappa shape index (κ1) is 11.5. The summed E-state index contributed by atoms with van der Waals surface area (Å²) in [5, 5.41) is 2.77. The van der Waals surface area contributed by atoms with E-state index in [4.69, 9.17) is 11.6 Å². The lowest BCUT2D eigenvalue weighted by molar-refractivity contribution is -0.105.